The number of aromatic nitrogens is 1. The highest BCUT2D eigenvalue weighted by molar-refractivity contribution is 6.03. The number of ether oxygens (including phenoxy) is 1. The first-order valence-corrected chi connectivity index (χ1v) is 12.4. The van der Waals surface area contributed by atoms with E-state index in [1.165, 1.54) is 5.69 Å². The summed E-state index contributed by atoms with van der Waals surface area (Å²) in [4.78, 5) is 40.8. The predicted molar refractivity (Wildman–Crippen MR) is 140 cm³/mol. The number of para-hydroxylation sites is 2. The van der Waals surface area contributed by atoms with Crippen LogP contribution in [0.15, 0.2) is 54.7 Å². The van der Waals surface area contributed by atoms with E-state index in [0.717, 1.165) is 75.7 Å². The number of pyridine rings is 1. The molecule has 3 N–H and O–H groups in total. The first-order valence-electron chi connectivity index (χ1n) is 12.4. The summed E-state index contributed by atoms with van der Waals surface area (Å²) in [5.74, 6) is -0.366. The van der Waals surface area contributed by atoms with Gasteiger partial charge < -0.3 is 25.2 Å². The molecule has 0 atom stereocenters. The molecule has 198 valence electrons. The van der Waals surface area contributed by atoms with Crippen LogP contribution in [0.5, 0.6) is 5.75 Å². The minimum Gasteiger partial charge on any atom is -0.495 e. The van der Waals surface area contributed by atoms with Crippen molar-refractivity contribution >= 4 is 29.2 Å². The van der Waals surface area contributed by atoms with Gasteiger partial charge in [-0.1, -0.05) is 12.1 Å². The van der Waals surface area contributed by atoms with E-state index < -0.39 is 11.9 Å². The van der Waals surface area contributed by atoms with Gasteiger partial charge in [0.1, 0.15) is 11.6 Å². The number of benzene rings is 1. The number of methoxy groups -OCH3 is 1. The average molecular weight is 511 g/mol. The summed E-state index contributed by atoms with van der Waals surface area (Å²) >= 11 is 0. The van der Waals surface area contributed by atoms with E-state index in [2.05, 4.69) is 32.2 Å². The standard InChI is InChI=1S/C23H30N4O2.C4H4O4/c1-29-21-8-3-2-7-20(21)27-16-14-26(15-17-27)13-5-12-25-23-19(6-4-11-24-23)22(28)18-9-10-18;5-3(6)1-2-4(7)8/h2-4,6-8,11,18H,5,9-10,12-17H2,1H3,(H,24,25);1-2H,(H,5,6)(H,7,8). The van der Waals surface area contributed by atoms with Crippen molar-refractivity contribution in [3.05, 3.63) is 60.3 Å². The highest BCUT2D eigenvalue weighted by atomic mass is 16.5. The van der Waals surface area contributed by atoms with Crippen molar-refractivity contribution in [2.45, 2.75) is 19.3 Å². The summed E-state index contributed by atoms with van der Waals surface area (Å²) in [7, 11) is 1.73. The smallest absolute Gasteiger partial charge is 0.328 e. The Hall–Kier alpha value is -3.92. The number of rotatable bonds is 11. The third kappa shape index (κ3) is 8.91. The largest absolute Gasteiger partial charge is 0.495 e. The van der Waals surface area contributed by atoms with Crippen LogP contribution in [0, 0.1) is 5.92 Å². The molecular formula is C27H34N4O6. The van der Waals surface area contributed by atoms with Crippen LogP contribution < -0.4 is 15.0 Å². The second kappa shape index (κ2) is 14.0. The fraction of sp³-hybridized carbons (Fsp3) is 0.407. The van der Waals surface area contributed by atoms with Crippen molar-refractivity contribution in [2.75, 3.05) is 56.6 Å². The molecule has 0 unspecified atom stereocenters. The zero-order valence-electron chi connectivity index (χ0n) is 21.0. The molecule has 1 aliphatic heterocycles. The number of carboxylic acids is 2. The van der Waals surface area contributed by atoms with Crippen LogP contribution in [-0.4, -0.2) is 84.2 Å². The van der Waals surface area contributed by atoms with Crippen LogP contribution in [0.2, 0.25) is 0 Å². The van der Waals surface area contributed by atoms with Crippen LogP contribution >= 0.6 is 0 Å². The Kier molecular flexibility index (Phi) is 10.5. The molecule has 1 aromatic heterocycles. The highest BCUT2D eigenvalue weighted by Crippen LogP contribution is 2.34. The summed E-state index contributed by atoms with van der Waals surface area (Å²) in [6.07, 6.45) is 5.94. The van der Waals surface area contributed by atoms with E-state index in [9.17, 15) is 14.4 Å². The van der Waals surface area contributed by atoms with Gasteiger partial charge in [0, 0.05) is 57.0 Å². The van der Waals surface area contributed by atoms with Gasteiger partial charge in [0.05, 0.1) is 18.4 Å². The summed E-state index contributed by atoms with van der Waals surface area (Å²) in [6.45, 7) is 5.99. The third-order valence-corrected chi connectivity index (χ3v) is 6.13. The minimum atomic E-state index is -1.26. The molecule has 1 aliphatic carbocycles. The van der Waals surface area contributed by atoms with E-state index in [1.807, 2.05) is 24.3 Å². The van der Waals surface area contributed by atoms with Gasteiger partial charge in [0.25, 0.3) is 0 Å². The van der Waals surface area contributed by atoms with Crippen molar-refractivity contribution < 1.29 is 29.3 Å². The second-order valence-corrected chi connectivity index (χ2v) is 8.83. The molecule has 2 fully saturated rings. The van der Waals surface area contributed by atoms with Gasteiger partial charge in [-0.25, -0.2) is 14.6 Å². The van der Waals surface area contributed by atoms with E-state index in [-0.39, 0.29) is 11.7 Å². The highest BCUT2D eigenvalue weighted by Gasteiger charge is 2.32. The van der Waals surface area contributed by atoms with Gasteiger partial charge in [-0.3, -0.25) is 9.69 Å². The average Bonchev–Trinajstić information content (AvgIpc) is 3.76. The number of nitrogens with zero attached hydrogens (tertiary/aromatic N) is 3. The molecule has 1 aromatic carbocycles. The predicted octanol–water partition coefficient (Wildman–Crippen LogP) is 3.02. The quantitative estimate of drug-likeness (QED) is 0.235. The Morgan fingerprint density at radius 1 is 1.03 bits per heavy atom. The molecule has 2 aromatic rings. The number of aliphatic carboxylic acids is 2. The Balaban J connectivity index is 0.000000414. The molecule has 10 nitrogen and oxygen atoms in total. The van der Waals surface area contributed by atoms with Crippen molar-refractivity contribution in [2.24, 2.45) is 5.92 Å². The van der Waals surface area contributed by atoms with Gasteiger partial charge in [0.2, 0.25) is 0 Å². The Labute approximate surface area is 216 Å². The molecule has 4 rings (SSSR count). The van der Waals surface area contributed by atoms with E-state index in [4.69, 9.17) is 14.9 Å². The lowest BCUT2D eigenvalue weighted by Crippen LogP contribution is -2.47. The number of nitrogens with one attached hydrogen (secondary N) is 1. The van der Waals surface area contributed by atoms with Crippen LogP contribution in [-0.2, 0) is 9.59 Å². The fourth-order valence-corrected chi connectivity index (χ4v) is 4.07. The van der Waals surface area contributed by atoms with E-state index in [0.29, 0.717) is 12.2 Å². The SMILES string of the molecule is COc1ccccc1N1CCN(CCCNc2ncccc2C(=O)C2CC2)CC1.O=C(O)C=CC(=O)O. The molecule has 1 saturated heterocycles. The molecule has 0 bridgehead atoms. The zero-order chi connectivity index (χ0) is 26.6. The molecule has 2 aliphatic rings. The second-order valence-electron chi connectivity index (χ2n) is 8.83. The molecule has 10 heteroatoms. The normalized spacial score (nSPS) is 15.5. The fourth-order valence-electron chi connectivity index (χ4n) is 4.07. The molecule has 0 radical (unpaired) electrons. The first-order chi connectivity index (χ1) is 17.9. The van der Waals surface area contributed by atoms with Crippen LogP contribution in [0.25, 0.3) is 0 Å². The number of carbonyl (C=O) groups excluding carboxylic acids is 1. The van der Waals surface area contributed by atoms with Crippen LogP contribution in [0.4, 0.5) is 11.5 Å². The number of Topliss-reactive ketones (excluding diaryl/α,β-unsaturated/α-hetero) is 1. The maximum atomic E-state index is 12.4. The lowest BCUT2D eigenvalue weighted by molar-refractivity contribution is -0.134. The molecule has 1 saturated carbocycles. The zero-order valence-corrected chi connectivity index (χ0v) is 21.0. The maximum Gasteiger partial charge on any atom is 0.328 e. The molecule has 37 heavy (non-hydrogen) atoms. The maximum absolute atomic E-state index is 12.4. The topological polar surface area (TPSA) is 132 Å². The van der Waals surface area contributed by atoms with Crippen molar-refractivity contribution in [3.8, 4) is 5.75 Å². The number of hydrogen-bond donors (Lipinski definition) is 3. The molecule has 0 spiro atoms. The van der Waals surface area contributed by atoms with Gasteiger partial charge in [-0.05, 0) is 50.1 Å². The molecule has 2 heterocycles. The number of piperazine rings is 1. The lowest BCUT2D eigenvalue weighted by Gasteiger charge is -2.36. The number of carbonyl (C=O) groups is 3. The Morgan fingerprint density at radius 3 is 2.32 bits per heavy atom. The van der Waals surface area contributed by atoms with Gasteiger partial charge in [0.15, 0.2) is 5.78 Å². The van der Waals surface area contributed by atoms with E-state index >= 15 is 0 Å². The minimum absolute atomic E-state index is 0.222. The van der Waals surface area contributed by atoms with E-state index in [1.54, 1.807) is 13.3 Å². The molecular weight excluding hydrogens is 476 g/mol. The van der Waals surface area contributed by atoms with Crippen molar-refractivity contribution in [1.29, 1.82) is 0 Å². The number of carboxylic acid groups (broad SMARTS) is 2. The van der Waals surface area contributed by atoms with Crippen LogP contribution in [0.3, 0.4) is 0 Å². The molecule has 0 amide bonds. The summed E-state index contributed by atoms with van der Waals surface area (Å²) < 4.78 is 5.50. The number of hydrogen-bond acceptors (Lipinski definition) is 8. The summed E-state index contributed by atoms with van der Waals surface area (Å²) in [5.41, 5.74) is 1.93. The summed E-state index contributed by atoms with van der Waals surface area (Å²) in [5, 5.41) is 19.0. The lowest BCUT2D eigenvalue weighted by atomic mass is 10.1. The van der Waals surface area contributed by atoms with Crippen LogP contribution in [0.1, 0.15) is 29.6 Å². The van der Waals surface area contributed by atoms with Crippen molar-refractivity contribution in [1.82, 2.24) is 9.88 Å². The first kappa shape index (κ1) is 27.7. The third-order valence-electron chi connectivity index (χ3n) is 6.13. The number of ketones is 1. The van der Waals surface area contributed by atoms with Gasteiger partial charge in [-0.15, -0.1) is 0 Å². The van der Waals surface area contributed by atoms with Crippen molar-refractivity contribution in [3.63, 3.8) is 0 Å². The Bertz CT molecular complexity index is 1080. The van der Waals surface area contributed by atoms with Gasteiger partial charge in [-0.2, -0.15) is 0 Å². The monoisotopic (exact) mass is 510 g/mol. The summed E-state index contributed by atoms with van der Waals surface area (Å²) in [6, 6.07) is 12.0. The van der Waals surface area contributed by atoms with Gasteiger partial charge >= 0.3 is 11.9 Å². The number of anilines is 2. The Morgan fingerprint density at radius 2 is 1.70 bits per heavy atom.